The number of aryl methyl sites for hydroxylation is 2. The van der Waals surface area contributed by atoms with Crippen molar-refractivity contribution < 1.29 is 26.7 Å². The Morgan fingerprint density at radius 2 is 0.700 bits per heavy atom. The average molecular weight is 1810 g/mol. The van der Waals surface area contributed by atoms with Crippen LogP contribution in [0.1, 0.15) is 59.3 Å². The first kappa shape index (κ1) is 79.1. The molecule has 0 amide bonds. The van der Waals surface area contributed by atoms with E-state index in [4.69, 9.17) is 47.3 Å². The van der Waals surface area contributed by atoms with Crippen molar-refractivity contribution in [1.82, 2.24) is 9.13 Å². The zero-order valence-electron chi connectivity index (χ0n) is 54.7. The van der Waals surface area contributed by atoms with Crippen molar-refractivity contribution in [2.75, 3.05) is 0 Å². The molecule has 0 aliphatic heterocycles. The summed E-state index contributed by atoms with van der Waals surface area (Å²) >= 11 is 12.2. The summed E-state index contributed by atoms with van der Waals surface area (Å²) in [6.07, 6.45) is 8.08. The number of fused-ring (bicyclic) bond motifs is 6. The number of aldehydes is 1. The molecule has 11 aromatic rings. The molecule has 0 aliphatic rings. The van der Waals surface area contributed by atoms with Crippen molar-refractivity contribution in [2.24, 2.45) is 0 Å². The van der Waals surface area contributed by atoms with Crippen molar-refractivity contribution in [3.63, 3.8) is 0 Å². The van der Waals surface area contributed by atoms with Crippen LogP contribution in [-0.4, -0.2) is 52.2 Å². The van der Waals surface area contributed by atoms with Crippen LogP contribution in [0, 0.1) is 101 Å². The van der Waals surface area contributed by atoms with E-state index in [1.807, 2.05) is 12.1 Å². The third-order valence-corrected chi connectivity index (χ3v) is 40.1. The molecule has 0 spiro atoms. The van der Waals surface area contributed by atoms with Crippen molar-refractivity contribution in [3.05, 3.63) is 254 Å². The quantitative estimate of drug-likeness (QED) is 0.0372. The van der Waals surface area contributed by atoms with Gasteiger partial charge in [-0.1, -0.05) is 49.4 Å². The summed E-state index contributed by atoms with van der Waals surface area (Å²) in [6.45, 7) is 33.6. The van der Waals surface area contributed by atoms with Gasteiger partial charge in [0.1, 0.15) is 35.4 Å². The number of carbonyl (C=O) groups excluding carboxylic acids is 1. The van der Waals surface area contributed by atoms with Crippen LogP contribution in [0.2, 0.25) is 29.6 Å². The van der Waals surface area contributed by atoms with Crippen LogP contribution in [0.3, 0.4) is 0 Å². The second-order valence-corrected chi connectivity index (χ2v) is 61.3. The maximum atomic E-state index is 15.2. The fourth-order valence-corrected chi connectivity index (χ4v) is 25.7. The predicted molar refractivity (Wildman–Crippen MR) is 416 cm³/mol. The molecule has 0 aliphatic carbocycles. The van der Waals surface area contributed by atoms with Gasteiger partial charge in [0.05, 0.1) is 84.4 Å². The SMILES string of the molecule is CCCn1c2c[c]([Sn]([CH3])([CH3])[CH3])sc2c2s[c]([Sn]([CH3])([CH3])[CH3])cc21.O=Cc1ccc(Br)c(F)c1.[C-]#[N+]/C(C#N)=C\c1ccc(-c2cc3c(s2)c2sc(-c4ccc(/C=C(\C#N)[N+]#[C-])cc4F)cc2n3CCC)c(F)c1.[C-]#[N+]/C(C#N)=C\c1ccc(Br)c(F)c1.[C-]#[N+]/C(C#N)=C\c1ccc(Br)c(F)c1. The minimum Gasteiger partial charge on any atom is -0.339 e. The van der Waals surface area contributed by atoms with E-state index in [9.17, 15) is 18.0 Å². The molecule has 0 radical (unpaired) electrons. The minimum atomic E-state index is -1.97. The van der Waals surface area contributed by atoms with Crippen LogP contribution >= 0.6 is 93.1 Å². The maximum absolute atomic E-state index is 15.2. The van der Waals surface area contributed by atoms with E-state index in [-0.39, 0.29) is 22.8 Å². The third kappa shape index (κ3) is 19.8. The Bertz CT molecular complexity index is 5110. The van der Waals surface area contributed by atoms with Crippen LogP contribution in [0.25, 0.3) is 105 Å². The Kier molecular flexibility index (Phi) is 28.4. The number of nitrogens with zero attached hydrogens (tertiary/aromatic N) is 10. The number of allylic oxidation sites excluding steroid dienone is 4. The number of hydrogen-bond donors (Lipinski definition) is 0. The number of rotatable bonds is 13. The first-order chi connectivity index (χ1) is 47.6. The molecule has 6 heterocycles. The molecule has 25 heteroatoms. The van der Waals surface area contributed by atoms with Gasteiger partial charge in [0.15, 0.2) is 0 Å². The fraction of sp³-hybridized carbons (Fsp3) is 0.160. The molecule has 0 bridgehead atoms. The van der Waals surface area contributed by atoms with Gasteiger partial charge in [-0.25, -0.2) is 62.4 Å². The second kappa shape index (κ2) is 35.9. The number of carbonyl (C=O) groups is 1. The number of halogens is 8. The fourth-order valence-electron chi connectivity index (χ4n) is 9.59. The van der Waals surface area contributed by atoms with Crippen molar-refractivity contribution >= 4 is 207 Å². The number of thiophene rings is 4. The molecule has 100 heavy (non-hydrogen) atoms. The normalized spacial score (nSPS) is 11.6. The van der Waals surface area contributed by atoms with E-state index in [0.29, 0.717) is 58.6 Å². The van der Waals surface area contributed by atoms with Crippen LogP contribution in [0.15, 0.2) is 151 Å². The zero-order chi connectivity index (χ0) is 73.3. The average Bonchev–Trinajstić information content (AvgIpc) is 1.58. The van der Waals surface area contributed by atoms with Crippen molar-refractivity contribution in [3.8, 4) is 45.2 Å². The van der Waals surface area contributed by atoms with Gasteiger partial charge >= 0.3 is 152 Å². The Balaban J connectivity index is 0.000000196. The van der Waals surface area contributed by atoms with Gasteiger partial charge in [-0.05, 0) is 161 Å². The predicted octanol–water partition coefficient (Wildman–Crippen LogP) is 24.1. The van der Waals surface area contributed by atoms with E-state index < -0.39 is 65.8 Å². The number of benzene rings is 5. The Morgan fingerprint density at radius 3 is 0.960 bits per heavy atom. The molecular formula is C75H56Br3F5N10OS4Sn2. The van der Waals surface area contributed by atoms with Crippen LogP contribution < -0.4 is 5.79 Å². The van der Waals surface area contributed by atoms with E-state index in [0.717, 1.165) is 49.7 Å². The summed E-state index contributed by atoms with van der Waals surface area (Å²) in [7, 11) is 0. The number of hydrogen-bond acceptors (Lipinski definition) is 9. The first-order valence-corrected chi connectivity index (χ1v) is 55.7. The van der Waals surface area contributed by atoms with E-state index in [1.54, 1.807) is 81.9 Å². The molecule has 6 aromatic heterocycles. The molecule has 0 saturated carbocycles. The monoisotopic (exact) mass is 1810 g/mol. The summed E-state index contributed by atoms with van der Waals surface area (Å²) in [4.78, 5) is 39.0. The standard InChI is InChI=1S/C31H17F2N5S2.C11H9NS2.2C10H4BrFN2.C7H4BrFO.6CH3.2Sn/c1-4-9-38-26-14-28(22-7-5-18(12-24(22)32)10-20(16-34)36-2)39-30(26)31-27(38)15-29(40-31)23-8-6-19(13-25(23)33)11-21(17-35)37-3;1-2-5-12-8-3-6-13-10(8)11-9(12)4-7-14-11;2*1-14-8(6-13)4-7-2-3-9(11)10(12)5-7;8-6-2-1-5(4-10)3-7(6)9;;;;;;;;/h5-8,10-15H,4,9H2,1H3;3-4H,2,5H2,1H3;2*2-5H;1-4H;6*1H3;;/b20-10-,21-11+;;2*8-4-;;;;;;;;;. The molecule has 5 aromatic carbocycles. The molecule has 0 fully saturated rings. The summed E-state index contributed by atoms with van der Waals surface area (Å²) in [5.41, 5.74) is 7.74. The Morgan fingerprint density at radius 1 is 0.430 bits per heavy atom. The number of nitriles is 4. The van der Waals surface area contributed by atoms with Gasteiger partial charge in [-0.15, -0.1) is 22.7 Å². The van der Waals surface area contributed by atoms with E-state index in [1.165, 1.54) is 113 Å². The van der Waals surface area contributed by atoms with Crippen molar-refractivity contribution in [2.45, 2.75) is 69.4 Å². The Hall–Kier alpha value is -8.26. The van der Waals surface area contributed by atoms with Crippen LogP contribution in [0.4, 0.5) is 22.0 Å². The summed E-state index contributed by atoms with van der Waals surface area (Å²) < 4.78 is 83.3. The molecule has 11 nitrogen and oxygen atoms in total. The van der Waals surface area contributed by atoms with E-state index >= 15 is 8.78 Å². The molecule has 0 saturated heterocycles. The topological polar surface area (TPSA) is 140 Å². The summed E-state index contributed by atoms with van der Waals surface area (Å²) in [5.74, 6) is -2.13. The van der Waals surface area contributed by atoms with Crippen molar-refractivity contribution in [1.29, 1.82) is 21.0 Å². The van der Waals surface area contributed by atoms with Gasteiger partial charge in [0.2, 0.25) is 0 Å². The molecule has 0 atom stereocenters. The smallest absolute Gasteiger partial charge is 0.262 e. The molecule has 11 rings (SSSR count). The molecule has 500 valence electrons. The van der Waals surface area contributed by atoms with Gasteiger partial charge < -0.3 is 4.57 Å². The maximum Gasteiger partial charge on any atom is 0.262 e. The zero-order valence-corrected chi connectivity index (χ0v) is 68.5. The van der Waals surface area contributed by atoms with E-state index in [2.05, 4.69) is 155 Å². The minimum absolute atomic E-state index is 0.0632. The Labute approximate surface area is 626 Å². The molecule has 0 unspecified atom stereocenters. The van der Waals surface area contributed by atoms with Crippen LogP contribution in [0.5, 0.6) is 0 Å². The largest absolute Gasteiger partial charge is 0.339 e. The first-order valence-electron chi connectivity index (χ1n) is 30.1. The van der Waals surface area contributed by atoms with Crippen LogP contribution in [-0.2, 0) is 13.1 Å². The molecule has 0 N–H and O–H groups in total. The van der Waals surface area contributed by atoms with Gasteiger partial charge in [-0.3, -0.25) is 4.79 Å². The molecular weight excluding hydrogens is 1760 g/mol. The van der Waals surface area contributed by atoms with Gasteiger partial charge in [-0.2, -0.15) is 0 Å². The van der Waals surface area contributed by atoms with Gasteiger partial charge in [0.25, 0.3) is 22.8 Å². The van der Waals surface area contributed by atoms with Gasteiger partial charge in [0, 0.05) is 33.0 Å². The summed E-state index contributed by atoms with van der Waals surface area (Å²) in [6, 6.07) is 38.4. The second-order valence-electron chi connectivity index (χ2n) is 23.7. The third-order valence-electron chi connectivity index (χ3n) is 14.4. The summed E-state index contributed by atoms with van der Waals surface area (Å²) in [5, 5.41) is 34.9. The number of aromatic nitrogens is 2.